The Balaban J connectivity index is 2.71. The van der Waals surface area contributed by atoms with Crippen LogP contribution in [0.2, 0.25) is 0 Å². The Morgan fingerprint density at radius 3 is 2.59 bits per heavy atom. The molecule has 1 fully saturated rings. The molecule has 1 unspecified atom stereocenters. The van der Waals surface area contributed by atoms with Crippen LogP contribution >= 0.6 is 0 Å². The maximum Gasteiger partial charge on any atom is 0.328 e. The number of esters is 1. The molecule has 5 nitrogen and oxygen atoms in total. The van der Waals surface area contributed by atoms with Gasteiger partial charge in [0.2, 0.25) is 5.91 Å². The number of piperidine rings is 1. The highest BCUT2D eigenvalue weighted by Gasteiger charge is 2.34. The molecule has 5 heteroatoms. The van der Waals surface area contributed by atoms with E-state index in [1.165, 1.54) is 7.11 Å². The number of ether oxygens (including phenoxy) is 1. The second-order valence-corrected chi connectivity index (χ2v) is 5.29. The van der Waals surface area contributed by atoms with E-state index in [2.05, 4.69) is 0 Å². The average molecular weight is 242 g/mol. The van der Waals surface area contributed by atoms with Gasteiger partial charge in [-0.3, -0.25) is 4.79 Å². The van der Waals surface area contributed by atoms with E-state index in [0.717, 1.165) is 12.8 Å². The Bertz CT molecular complexity index is 297. The minimum atomic E-state index is -0.546. The molecule has 2 N–H and O–H groups in total. The van der Waals surface area contributed by atoms with Gasteiger partial charge in [-0.25, -0.2) is 4.79 Å². The molecule has 17 heavy (non-hydrogen) atoms. The van der Waals surface area contributed by atoms with E-state index in [0.29, 0.717) is 13.0 Å². The molecule has 0 aromatic carbocycles. The molecule has 0 aliphatic carbocycles. The minimum absolute atomic E-state index is 0.0624. The molecule has 1 amide bonds. The highest BCUT2D eigenvalue weighted by molar-refractivity contribution is 5.85. The number of hydrogen-bond acceptors (Lipinski definition) is 4. The van der Waals surface area contributed by atoms with E-state index >= 15 is 0 Å². The fourth-order valence-corrected chi connectivity index (χ4v) is 2.10. The SMILES string of the molecule is COC(=O)C1CCCCN1C(=O)CC(C)(C)N. The van der Waals surface area contributed by atoms with Crippen molar-refractivity contribution in [1.29, 1.82) is 0 Å². The number of hydrogen-bond donors (Lipinski definition) is 1. The Labute approximate surface area is 102 Å². The quantitative estimate of drug-likeness (QED) is 0.738. The normalized spacial score (nSPS) is 21.2. The summed E-state index contributed by atoms with van der Waals surface area (Å²) in [5, 5.41) is 0. The zero-order valence-corrected chi connectivity index (χ0v) is 10.9. The summed E-state index contributed by atoms with van der Waals surface area (Å²) in [5.74, 6) is -0.388. The second kappa shape index (κ2) is 5.49. The number of rotatable bonds is 3. The first-order valence-electron chi connectivity index (χ1n) is 6.01. The number of nitrogens with two attached hydrogens (primary N) is 1. The van der Waals surface area contributed by atoms with Gasteiger partial charge < -0.3 is 15.4 Å². The predicted octanol–water partition coefficient (Wildman–Crippen LogP) is 0.668. The third-order valence-electron chi connectivity index (χ3n) is 2.90. The third kappa shape index (κ3) is 4.00. The van der Waals surface area contributed by atoms with Gasteiger partial charge in [0, 0.05) is 18.5 Å². The molecule has 1 aliphatic rings. The molecular formula is C12H22N2O3. The molecule has 0 spiro atoms. The molecule has 1 rings (SSSR count). The summed E-state index contributed by atoms with van der Waals surface area (Å²) >= 11 is 0. The number of carbonyl (C=O) groups excluding carboxylic acids is 2. The summed E-state index contributed by atoms with van der Waals surface area (Å²) in [4.78, 5) is 25.3. The Morgan fingerprint density at radius 2 is 2.06 bits per heavy atom. The lowest BCUT2D eigenvalue weighted by molar-refractivity contribution is -0.155. The predicted molar refractivity (Wildman–Crippen MR) is 64.3 cm³/mol. The molecule has 1 saturated heterocycles. The first-order chi connectivity index (χ1) is 7.85. The highest BCUT2D eigenvalue weighted by Crippen LogP contribution is 2.20. The molecule has 0 radical (unpaired) electrons. The van der Waals surface area contributed by atoms with Gasteiger partial charge in [-0.2, -0.15) is 0 Å². The van der Waals surface area contributed by atoms with Crippen LogP contribution in [0.25, 0.3) is 0 Å². The zero-order valence-electron chi connectivity index (χ0n) is 10.9. The van der Waals surface area contributed by atoms with Crippen molar-refractivity contribution in [3.8, 4) is 0 Å². The lowest BCUT2D eigenvalue weighted by atomic mass is 9.97. The van der Waals surface area contributed by atoms with E-state index in [-0.39, 0.29) is 18.3 Å². The summed E-state index contributed by atoms with van der Waals surface area (Å²) in [6.07, 6.45) is 2.82. The van der Waals surface area contributed by atoms with Crippen LogP contribution in [0.15, 0.2) is 0 Å². The molecule has 98 valence electrons. The fourth-order valence-electron chi connectivity index (χ4n) is 2.10. The van der Waals surface area contributed by atoms with Crippen molar-refractivity contribution in [3.63, 3.8) is 0 Å². The van der Waals surface area contributed by atoms with Crippen LogP contribution in [0, 0.1) is 0 Å². The largest absolute Gasteiger partial charge is 0.467 e. The standard InChI is InChI=1S/C12H22N2O3/c1-12(2,13)8-10(15)14-7-5-4-6-9(14)11(16)17-3/h9H,4-8,13H2,1-3H3. The van der Waals surface area contributed by atoms with Crippen LogP contribution in [0.3, 0.4) is 0 Å². The maximum absolute atomic E-state index is 12.1. The van der Waals surface area contributed by atoms with Crippen molar-refractivity contribution < 1.29 is 14.3 Å². The van der Waals surface area contributed by atoms with Crippen LogP contribution in [-0.4, -0.2) is 42.0 Å². The van der Waals surface area contributed by atoms with Crippen molar-refractivity contribution >= 4 is 11.9 Å². The molecule has 1 atom stereocenters. The highest BCUT2D eigenvalue weighted by atomic mass is 16.5. The molecule has 0 saturated carbocycles. The van der Waals surface area contributed by atoms with E-state index in [1.54, 1.807) is 4.90 Å². The van der Waals surface area contributed by atoms with Gasteiger partial charge >= 0.3 is 5.97 Å². The molecule has 1 aliphatic heterocycles. The van der Waals surface area contributed by atoms with Crippen molar-refractivity contribution in [1.82, 2.24) is 4.90 Å². The third-order valence-corrected chi connectivity index (χ3v) is 2.90. The molecule has 0 aromatic heterocycles. The summed E-state index contributed by atoms with van der Waals surface area (Å²) in [7, 11) is 1.35. The maximum atomic E-state index is 12.1. The summed E-state index contributed by atoms with van der Waals surface area (Å²) in [5.41, 5.74) is 5.29. The van der Waals surface area contributed by atoms with Crippen molar-refractivity contribution in [2.75, 3.05) is 13.7 Å². The second-order valence-electron chi connectivity index (χ2n) is 5.29. The molecule has 1 heterocycles. The Morgan fingerprint density at radius 1 is 1.41 bits per heavy atom. The first-order valence-corrected chi connectivity index (χ1v) is 6.01. The lowest BCUT2D eigenvalue weighted by Crippen LogP contribution is -2.51. The monoisotopic (exact) mass is 242 g/mol. The summed E-state index contributed by atoms with van der Waals surface area (Å²) < 4.78 is 4.74. The van der Waals surface area contributed by atoms with Crippen molar-refractivity contribution in [2.45, 2.75) is 51.1 Å². The van der Waals surface area contributed by atoms with E-state index in [1.807, 2.05) is 13.8 Å². The number of methoxy groups -OCH3 is 1. The Kier molecular flexibility index (Phi) is 4.51. The van der Waals surface area contributed by atoms with Gasteiger partial charge in [0.25, 0.3) is 0 Å². The van der Waals surface area contributed by atoms with Gasteiger partial charge in [-0.05, 0) is 33.1 Å². The van der Waals surface area contributed by atoms with E-state index in [4.69, 9.17) is 10.5 Å². The van der Waals surface area contributed by atoms with Crippen LogP contribution in [0.5, 0.6) is 0 Å². The van der Waals surface area contributed by atoms with Gasteiger partial charge in [0.05, 0.1) is 7.11 Å². The summed E-state index contributed by atoms with van der Waals surface area (Å²) in [6.45, 7) is 4.23. The van der Waals surface area contributed by atoms with Crippen LogP contribution in [0.4, 0.5) is 0 Å². The number of nitrogens with zero attached hydrogens (tertiary/aromatic N) is 1. The van der Waals surface area contributed by atoms with E-state index < -0.39 is 11.6 Å². The minimum Gasteiger partial charge on any atom is -0.467 e. The van der Waals surface area contributed by atoms with Crippen LogP contribution in [0.1, 0.15) is 39.5 Å². The van der Waals surface area contributed by atoms with Crippen molar-refractivity contribution in [3.05, 3.63) is 0 Å². The fraction of sp³-hybridized carbons (Fsp3) is 0.833. The first kappa shape index (κ1) is 14.0. The van der Waals surface area contributed by atoms with Gasteiger partial charge in [-0.1, -0.05) is 0 Å². The number of carbonyl (C=O) groups is 2. The van der Waals surface area contributed by atoms with Gasteiger partial charge in [-0.15, -0.1) is 0 Å². The number of amides is 1. The zero-order chi connectivity index (χ0) is 13.1. The molecule has 0 aromatic rings. The molecule has 0 bridgehead atoms. The smallest absolute Gasteiger partial charge is 0.328 e. The Hall–Kier alpha value is -1.10. The topological polar surface area (TPSA) is 72.6 Å². The van der Waals surface area contributed by atoms with Crippen LogP contribution < -0.4 is 5.73 Å². The van der Waals surface area contributed by atoms with E-state index in [9.17, 15) is 9.59 Å². The lowest BCUT2D eigenvalue weighted by Gasteiger charge is -2.35. The van der Waals surface area contributed by atoms with Crippen LogP contribution in [-0.2, 0) is 14.3 Å². The molecular weight excluding hydrogens is 220 g/mol. The average Bonchev–Trinajstić information content (AvgIpc) is 2.25. The number of likely N-dealkylation sites (tertiary alicyclic amines) is 1. The van der Waals surface area contributed by atoms with Gasteiger partial charge in [0.1, 0.15) is 6.04 Å². The van der Waals surface area contributed by atoms with Crippen molar-refractivity contribution in [2.24, 2.45) is 5.73 Å². The summed E-state index contributed by atoms with van der Waals surface area (Å²) in [6, 6.07) is -0.427. The van der Waals surface area contributed by atoms with Gasteiger partial charge in [0.15, 0.2) is 0 Å².